The molecular weight excluding hydrogens is 346 g/mol. The Morgan fingerprint density at radius 2 is 2.25 bits per heavy atom. The molecule has 7 heteroatoms. The molecule has 1 aromatic carbocycles. The van der Waals surface area contributed by atoms with Crippen LogP contribution < -0.4 is 4.74 Å². The van der Waals surface area contributed by atoms with Gasteiger partial charge in [0.25, 0.3) is 5.69 Å². The van der Waals surface area contributed by atoms with Crippen LogP contribution in [0.2, 0.25) is 0 Å². The van der Waals surface area contributed by atoms with Crippen LogP contribution in [0, 0.1) is 10.1 Å². The number of hydrogen-bond acceptors (Lipinski definition) is 5. The Morgan fingerprint density at radius 1 is 1.50 bits per heavy atom. The number of aliphatic hydroxyl groups excluding tert-OH is 1. The summed E-state index contributed by atoms with van der Waals surface area (Å²) in [6.07, 6.45) is -0.833. The third-order valence-electron chi connectivity index (χ3n) is 2.65. The Bertz CT molecular complexity index is 627. The maximum absolute atomic E-state index is 10.7. The Kier molecular flexibility index (Phi) is 4.74. The first kappa shape index (κ1) is 15.0. The van der Waals surface area contributed by atoms with E-state index in [1.165, 1.54) is 18.2 Å². The molecule has 1 N–H and O–H groups in total. The van der Waals surface area contributed by atoms with Gasteiger partial charge >= 0.3 is 0 Å². The second-order valence-electron chi connectivity index (χ2n) is 4.18. The van der Waals surface area contributed by atoms with E-state index < -0.39 is 11.0 Å². The average Bonchev–Trinajstić information content (AvgIpc) is 2.81. The number of non-ortho nitro benzene ring substituents is 1. The van der Waals surface area contributed by atoms with Crippen molar-refractivity contribution in [1.82, 2.24) is 0 Å². The third kappa shape index (κ3) is 3.56. The van der Waals surface area contributed by atoms with E-state index in [1.54, 1.807) is 18.3 Å². The highest BCUT2D eigenvalue weighted by Gasteiger charge is 2.15. The van der Waals surface area contributed by atoms with Crippen molar-refractivity contribution in [3.63, 3.8) is 0 Å². The van der Waals surface area contributed by atoms with Crippen molar-refractivity contribution < 1.29 is 14.8 Å². The largest absolute Gasteiger partial charge is 0.488 e. The summed E-state index contributed by atoms with van der Waals surface area (Å²) in [4.78, 5) is 11.3. The molecule has 0 fully saturated rings. The molecule has 0 saturated carbocycles. The van der Waals surface area contributed by atoms with Gasteiger partial charge in [-0.2, -0.15) is 0 Å². The van der Waals surface area contributed by atoms with Crippen LogP contribution in [0.25, 0.3) is 0 Å². The van der Waals surface area contributed by atoms with Gasteiger partial charge in [-0.05, 0) is 35.0 Å². The number of nitro groups is 1. The smallest absolute Gasteiger partial charge is 0.270 e. The monoisotopic (exact) mass is 357 g/mol. The van der Waals surface area contributed by atoms with Gasteiger partial charge < -0.3 is 9.84 Å². The van der Waals surface area contributed by atoms with Gasteiger partial charge in [-0.15, -0.1) is 11.3 Å². The summed E-state index contributed by atoms with van der Waals surface area (Å²) in [6, 6.07) is 6.16. The minimum atomic E-state index is -0.833. The molecule has 1 atom stereocenters. The van der Waals surface area contributed by atoms with Gasteiger partial charge in [-0.25, -0.2) is 0 Å². The Hall–Kier alpha value is -1.44. The molecule has 0 aliphatic carbocycles. The normalized spacial score (nSPS) is 12.2. The lowest BCUT2D eigenvalue weighted by atomic mass is 10.1. The maximum Gasteiger partial charge on any atom is 0.270 e. The molecule has 0 saturated heterocycles. The number of thiophene rings is 1. The first-order valence-electron chi connectivity index (χ1n) is 5.79. The summed E-state index contributed by atoms with van der Waals surface area (Å²) in [5.41, 5.74) is 0.349. The zero-order valence-electron chi connectivity index (χ0n) is 10.6. The minimum absolute atomic E-state index is 0.0629. The lowest BCUT2D eigenvalue weighted by Gasteiger charge is -2.12. The van der Waals surface area contributed by atoms with Crippen molar-refractivity contribution in [2.75, 3.05) is 0 Å². The highest BCUT2D eigenvalue weighted by Crippen LogP contribution is 2.30. The first-order chi connectivity index (χ1) is 9.47. The first-order valence-corrected chi connectivity index (χ1v) is 7.46. The molecule has 5 nitrogen and oxygen atoms in total. The molecule has 0 unspecified atom stereocenters. The van der Waals surface area contributed by atoms with Crippen molar-refractivity contribution in [3.05, 3.63) is 54.7 Å². The second kappa shape index (κ2) is 6.34. The molecule has 0 spiro atoms. The number of halogens is 1. The van der Waals surface area contributed by atoms with Crippen LogP contribution in [0.3, 0.4) is 0 Å². The fourth-order valence-electron chi connectivity index (χ4n) is 1.69. The maximum atomic E-state index is 10.7. The predicted octanol–water partition coefficient (Wildman–Crippen LogP) is 4.05. The molecular formula is C13H12BrNO4S. The molecule has 0 aliphatic heterocycles. The minimum Gasteiger partial charge on any atom is -0.488 e. The van der Waals surface area contributed by atoms with Crippen molar-refractivity contribution in [3.8, 4) is 5.75 Å². The van der Waals surface area contributed by atoms with Gasteiger partial charge in [0.1, 0.15) is 12.4 Å². The van der Waals surface area contributed by atoms with E-state index in [0.29, 0.717) is 17.9 Å². The van der Waals surface area contributed by atoms with E-state index in [9.17, 15) is 15.2 Å². The highest BCUT2D eigenvalue weighted by atomic mass is 79.9. The van der Waals surface area contributed by atoms with Gasteiger partial charge in [-0.1, -0.05) is 0 Å². The summed E-state index contributed by atoms with van der Waals surface area (Å²) in [6.45, 7) is 1.90. The van der Waals surface area contributed by atoms with E-state index in [0.717, 1.165) is 9.35 Å². The van der Waals surface area contributed by atoms with Crippen LogP contribution in [-0.4, -0.2) is 10.0 Å². The van der Waals surface area contributed by atoms with Crippen molar-refractivity contribution in [1.29, 1.82) is 0 Å². The van der Waals surface area contributed by atoms with Crippen LogP contribution >= 0.6 is 27.3 Å². The Morgan fingerprint density at radius 3 is 2.80 bits per heavy atom. The zero-order valence-corrected chi connectivity index (χ0v) is 13.0. The van der Waals surface area contributed by atoms with Gasteiger partial charge in [-0.3, -0.25) is 10.1 Å². The molecule has 0 aliphatic rings. The van der Waals surface area contributed by atoms with Gasteiger partial charge in [0, 0.05) is 32.4 Å². The Balaban J connectivity index is 2.20. The van der Waals surface area contributed by atoms with E-state index in [4.69, 9.17) is 4.74 Å². The molecule has 20 heavy (non-hydrogen) atoms. The molecule has 2 aromatic rings. The Labute approximate surface area is 128 Å². The molecule has 0 bridgehead atoms. The van der Waals surface area contributed by atoms with Crippen molar-refractivity contribution in [2.45, 2.75) is 19.6 Å². The lowest BCUT2D eigenvalue weighted by Crippen LogP contribution is -2.01. The van der Waals surface area contributed by atoms with E-state index >= 15 is 0 Å². The van der Waals surface area contributed by atoms with Gasteiger partial charge in [0.15, 0.2) is 0 Å². The number of nitro benzene ring substituents is 1. The zero-order chi connectivity index (χ0) is 14.7. The summed E-state index contributed by atoms with van der Waals surface area (Å²) < 4.78 is 6.63. The molecule has 0 amide bonds. The summed E-state index contributed by atoms with van der Waals surface area (Å²) >= 11 is 4.91. The van der Waals surface area contributed by atoms with E-state index in [1.807, 2.05) is 11.4 Å². The third-order valence-corrected chi connectivity index (χ3v) is 4.32. The molecule has 1 heterocycles. The fraction of sp³-hybridized carbons (Fsp3) is 0.231. The number of nitrogens with zero attached hydrogens (tertiary/aromatic N) is 1. The van der Waals surface area contributed by atoms with Crippen LogP contribution in [0.5, 0.6) is 5.75 Å². The number of aliphatic hydroxyl groups is 1. The van der Waals surface area contributed by atoms with Crippen molar-refractivity contribution >= 4 is 33.0 Å². The molecule has 2 rings (SSSR count). The summed E-state index contributed by atoms with van der Waals surface area (Å²) in [7, 11) is 0. The highest BCUT2D eigenvalue weighted by molar-refractivity contribution is 9.10. The molecule has 1 aromatic heterocycles. The van der Waals surface area contributed by atoms with Crippen molar-refractivity contribution in [2.24, 2.45) is 0 Å². The SMILES string of the molecule is C[C@H](O)c1cc([N+](=O)[O-])ccc1OCc1cc(Br)cs1. The molecule has 0 radical (unpaired) electrons. The topological polar surface area (TPSA) is 72.6 Å². The lowest BCUT2D eigenvalue weighted by molar-refractivity contribution is -0.385. The number of hydrogen-bond donors (Lipinski definition) is 1. The van der Waals surface area contributed by atoms with Crippen LogP contribution in [0.15, 0.2) is 34.1 Å². The van der Waals surface area contributed by atoms with Crippen LogP contribution in [0.1, 0.15) is 23.5 Å². The fourth-order valence-corrected chi connectivity index (χ4v) is 3.05. The number of ether oxygens (including phenoxy) is 1. The van der Waals surface area contributed by atoms with E-state index in [2.05, 4.69) is 15.9 Å². The summed E-state index contributed by atoms with van der Waals surface area (Å²) in [5, 5.41) is 22.4. The van der Waals surface area contributed by atoms with E-state index in [-0.39, 0.29) is 5.69 Å². The van der Waals surface area contributed by atoms with Gasteiger partial charge in [0.2, 0.25) is 0 Å². The molecule has 106 valence electrons. The second-order valence-corrected chi connectivity index (χ2v) is 6.09. The predicted molar refractivity (Wildman–Crippen MR) is 80.1 cm³/mol. The quantitative estimate of drug-likeness (QED) is 0.646. The number of benzene rings is 1. The number of rotatable bonds is 5. The average molecular weight is 358 g/mol. The van der Waals surface area contributed by atoms with Crippen LogP contribution in [0.4, 0.5) is 5.69 Å². The summed E-state index contributed by atoms with van der Waals surface area (Å²) in [5.74, 6) is 0.454. The van der Waals surface area contributed by atoms with Crippen LogP contribution in [-0.2, 0) is 6.61 Å². The standard InChI is InChI=1S/C13H12BrNO4S/c1-8(16)12-5-10(15(17)18)2-3-13(12)19-6-11-4-9(14)7-20-11/h2-5,7-8,16H,6H2,1H3/t8-/m0/s1. The van der Waals surface area contributed by atoms with Gasteiger partial charge in [0.05, 0.1) is 11.0 Å².